The summed E-state index contributed by atoms with van der Waals surface area (Å²) in [7, 11) is 1.71. The van der Waals surface area contributed by atoms with E-state index in [2.05, 4.69) is 50.0 Å². The van der Waals surface area contributed by atoms with Crippen LogP contribution < -0.4 is 10.2 Å². The lowest BCUT2D eigenvalue weighted by molar-refractivity contribution is 0.203. The lowest BCUT2D eigenvalue weighted by atomic mass is 10.3. The van der Waals surface area contributed by atoms with Gasteiger partial charge >= 0.3 is 0 Å². The molecule has 0 spiro atoms. The molecule has 5 nitrogen and oxygen atoms in total. The molecule has 0 amide bonds. The summed E-state index contributed by atoms with van der Waals surface area (Å²) >= 11 is 3.57. The molecule has 1 N–H and O–H groups in total. The second-order valence-corrected chi connectivity index (χ2v) is 4.96. The summed E-state index contributed by atoms with van der Waals surface area (Å²) in [5.41, 5.74) is 0. The Labute approximate surface area is 117 Å². The molecule has 0 aromatic carbocycles. The fraction of sp³-hybridized carbons (Fsp3) is 0.667. The molecular formula is C12H21BrN4O. The summed E-state index contributed by atoms with van der Waals surface area (Å²) in [6, 6.07) is 0.348. The van der Waals surface area contributed by atoms with E-state index in [4.69, 9.17) is 4.74 Å². The highest BCUT2D eigenvalue weighted by atomic mass is 79.9. The molecule has 0 aliphatic heterocycles. The average molecular weight is 317 g/mol. The first-order valence-corrected chi connectivity index (χ1v) is 6.91. The van der Waals surface area contributed by atoms with E-state index in [0.717, 1.165) is 29.2 Å². The predicted molar refractivity (Wildman–Crippen MR) is 78.3 cm³/mol. The van der Waals surface area contributed by atoms with Crippen LogP contribution in [-0.4, -0.2) is 42.8 Å². The Bertz CT molecular complexity index is 373. The van der Waals surface area contributed by atoms with E-state index in [-0.39, 0.29) is 0 Å². The van der Waals surface area contributed by atoms with Gasteiger partial charge in [0.25, 0.3) is 0 Å². The summed E-state index contributed by atoms with van der Waals surface area (Å²) in [6.45, 7) is 8.61. The number of nitrogens with one attached hydrogen (secondary N) is 1. The Morgan fingerprint density at radius 2 is 2.17 bits per heavy atom. The van der Waals surface area contributed by atoms with Gasteiger partial charge in [-0.2, -0.15) is 0 Å². The second kappa shape index (κ2) is 7.53. The van der Waals surface area contributed by atoms with Crippen molar-refractivity contribution in [1.29, 1.82) is 0 Å². The van der Waals surface area contributed by atoms with Gasteiger partial charge in [-0.05, 0) is 36.7 Å². The topological polar surface area (TPSA) is 50.3 Å². The lowest BCUT2D eigenvalue weighted by Crippen LogP contribution is -2.35. The molecule has 1 aromatic heterocycles. The van der Waals surface area contributed by atoms with Crippen LogP contribution in [-0.2, 0) is 4.74 Å². The number of rotatable bonds is 7. The normalized spacial score (nSPS) is 10.8. The maximum absolute atomic E-state index is 5.15. The van der Waals surface area contributed by atoms with Gasteiger partial charge in [0.1, 0.15) is 22.4 Å². The average Bonchev–Trinajstić information content (AvgIpc) is 2.34. The van der Waals surface area contributed by atoms with Gasteiger partial charge in [0.05, 0.1) is 6.61 Å². The molecule has 0 unspecified atom stereocenters. The number of hydrogen-bond acceptors (Lipinski definition) is 5. The van der Waals surface area contributed by atoms with Crippen molar-refractivity contribution in [3.8, 4) is 0 Å². The molecule has 0 aliphatic rings. The van der Waals surface area contributed by atoms with Crippen LogP contribution in [0.5, 0.6) is 0 Å². The fourth-order valence-electron chi connectivity index (χ4n) is 1.65. The molecule has 0 saturated carbocycles. The van der Waals surface area contributed by atoms with Crippen LogP contribution in [0.1, 0.15) is 20.8 Å². The van der Waals surface area contributed by atoms with Crippen LogP contribution in [0.3, 0.4) is 0 Å². The Balaban J connectivity index is 3.00. The third-order valence-corrected chi connectivity index (χ3v) is 3.28. The van der Waals surface area contributed by atoms with Gasteiger partial charge in [0.2, 0.25) is 0 Å². The van der Waals surface area contributed by atoms with E-state index in [1.807, 2.05) is 6.92 Å². The maximum Gasteiger partial charge on any atom is 0.148 e. The minimum atomic E-state index is 0.348. The van der Waals surface area contributed by atoms with E-state index < -0.39 is 0 Å². The zero-order chi connectivity index (χ0) is 13.5. The van der Waals surface area contributed by atoms with Gasteiger partial charge in [0, 0.05) is 26.2 Å². The lowest BCUT2D eigenvalue weighted by Gasteiger charge is -2.28. The smallest absolute Gasteiger partial charge is 0.148 e. The summed E-state index contributed by atoms with van der Waals surface area (Å²) in [6.07, 6.45) is 1.58. The molecule has 0 bridgehead atoms. The Hall–Kier alpha value is -0.880. The number of ether oxygens (including phenoxy) is 1. The van der Waals surface area contributed by atoms with Gasteiger partial charge in [-0.1, -0.05) is 0 Å². The van der Waals surface area contributed by atoms with Crippen LogP contribution >= 0.6 is 15.9 Å². The van der Waals surface area contributed by atoms with Gasteiger partial charge < -0.3 is 15.0 Å². The van der Waals surface area contributed by atoms with Gasteiger partial charge in [0.15, 0.2) is 0 Å². The second-order valence-electron chi connectivity index (χ2n) is 4.17. The van der Waals surface area contributed by atoms with Crippen LogP contribution in [0.15, 0.2) is 10.8 Å². The quantitative estimate of drug-likeness (QED) is 0.837. The van der Waals surface area contributed by atoms with Crippen molar-refractivity contribution in [3.05, 3.63) is 10.8 Å². The summed E-state index contributed by atoms with van der Waals surface area (Å²) < 4.78 is 6.05. The zero-order valence-corrected chi connectivity index (χ0v) is 13.0. The number of anilines is 2. The van der Waals surface area contributed by atoms with Crippen molar-refractivity contribution in [3.63, 3.8) is 0 Å². The maximum atomic E-state index is 5.15. The third-order valence-electron chi connectivity index (χ3n) is 2.55. The fourth-order valence-corrected chi connectivity index (χ4v) is 2.22. The van der Waals surface area contributed by atoms with Crippen molar-refractivity contribution in [2.75, 3.05) is 37.0 Å². The van der Waals surface area contributed by atoms with E-state index in [1.165, 1.54) is 0 Å². The highest BCUT2D eigenvalue weighted by molar-refractivity contribution is 9.10. The Kier molecular flexibility index (Phi) is 6.35. The summed E-state index contributed by atoms with van der Waals surface area (Å²) in [4.78, 5) is 10.8. The number of aromatic nitrogens is 2. The molecule has 1 aromatic rings. The number of nitrogens with zero attached hydrogens (tertiary/aromatic N) is 3. The molecule has 1 heterocycles. The zero-order valence-electron chi connectivity index (χ0n) is 11.4. The molecule has 18 heavy (non-hydrogen) atoms. The number of methoxy groups -OCH3 is 1. The SMILES string of the molecule is CCNc1ncnc(N(CCOC)C(C)C)c1Br. The largest absolute Gasteiger partial charge is 0.383 e. The minimum absolute atomic E-state index is 0.348. The highest BCUT2D eigenvalue weighted by Crippen LogP contribution is 2.30. The molecule has 6 heteroatoms. The first kappa shape index (κ1) is 15.2. The van der Waals surface area contributed by atoms with Crippen LogP contribution in [0.2, 0.25) is 0 Å². The van der Waals surface area contributed by atoms with Crippen LogP contribution in [0.4, 0.5) is 11.6 Å². The van der Waals surface area contributed by atoms with Gasteiger partial charge in [-0.15, -0.1) is 0 Å². The van der Waals surface area contributed by atoms with Crippen LogP contribution in [0, 0.1) is 0 Å². The predicted octanol–water partition coefficient (Wildman–Crippen LogP) is 2.53. The van der Waals surface area contributed by atoms with Crippen molar-refractivity contribution in [2.24, 2.45) is 0 Å². The number of hydrogen-bond donors (Lipinski definition) is 1. The minimum Gasteiger partial charge on any atom is -0.383 e. The summed E-state index contributed by atoms with van der Waals surface area (Å²) in [5, 5.41) is 3.21. The number of halogens is 1. The van der Waals surface area contributed by atoms with Crippen molar-refractivity contribution < 1.29 is 4.74 Å². The molecule has 1 rings (SSSR count). The van der Waals surface area contributed by atoms with Crippen molar-refractivity contribution >= 4 is 27.6 Å². The first-order valence-electron chi connectivity index (χ1n) is 6.11. The Morgan fingerprint density at radius 1 is 1.44 bits per heavy atom. The summed E-state index contributed by atoms with van der Waals surface area (Å²) in [5.74, 6) is 1.72. The molecular weight excluding hydrogens is 296 g/mol. The monoisotopic (exact) mass is 316 g/mol. The third kappa shape index (κ3) is 3.81. The van der Waals surface area contributed by atoms with E-state index in [9.17, 15) is 0 Å². The molecule has 0 atom stereocenters. The van der Waals surface area contributed by atoms with E-state index in [0.29, 0.717) is 12.6 Å². The highest BCUT2D eigenvalue weighted by Gasteiger charge is 2.17. The van der Waals surface area contributed by atoms with E-state index in [1.54, 1.807) is 13.4 Å². The van der Waals surface area contributed by atoms with Crippen molar-refractivity contribution in [1.82, 2.24) is 9.97 Å². The molecule has 0 radical (unpaired) electrons. The molecule has 102 valence electrons. The molecule has 0 saturated heterocycles. The molecule has 0 fully saturated rings. The van der Waals surface area contributed by atoms with Gasteiger partial charge in [-0.25, -0.2) is 9.97 Å². The van der Waals surface area contributed by atoms with Crippen LogP contribution in [0.25, 0.3) is 0 Å². The molecule has 0 aliphatic carbocycles. The Morgan fingerprint density at radius 3 is 2.72 bits per heavy atom. The van der Waals surface area contributed by atoms with E-state index >= 15 is 0 Å². The first-order chi connectivity index (χ1) is 8.61. The standard InChI is InChI=1S/C12H21BrN4O/c1-5-14-11-10(13)12(16-8-15-11)17(9(2)3)6-7-18-4/h8-9H,5-7H2,1-4H3,(H,14,15,16). The van der Waals surface area contributed by atoms with Gasteiger partial charge in [-0.3, -0.25) is 0 Å². The van der Waals surface area contributed by atoms with Crippen molar-refractivity contribution in [2.45, 2.75) is 26.8 Å².